The lowest BCUT2D eigenvalue weighted by atomic mass is 10.00. The second-order valence-corrected chi connectivity index (χ2v) is 10.2. The fourth-order valence-electron chi connectivity index (χ4n) is 4.16. The highest BCUT2D eigenvalue weighted by Gasteiger charge is 2.34. The summed E-state index contributed by atoms with van der Waals surface area (Å²) in [6.07, 6.45) is 3.11. The minimum absolute atomic E-state index is 0.0206. The fourth-order valence-corrected chi connectivity index (χ4v) is 5.09. The molecular formula is C27H32N2O4S. The molecule has 0 bridgehead atoms. The standard InChI is InChI=1S/C27H32N2O4S/c1-19(2)10-13-28(27(31)24-5-4-15-32-24)17-26(30)29-14-11-25-22(12-16-34-25)23(29)18-33-21-8-6-20(3)7-9-21/h4-9,12,15-16,19,23H,10-11,13-14,17-18H2,1-3H3/t23-/m0/s1. The molecule has 0 fully saturated rings. The highest BCUT2D eigenvalue weighted by molar-refractivity contribution is 7.10. The summed E-state index contributed by atoms with van der Waals surface area (Å²) in [6.45, 7) is 7.77. The van der Waals surface area contributed by atoms with Gasteiger partial charge in [0, 0.05) is 18.0 Å². The van der Waals surface area contributed by atoms with E-state index >= 15 is 0 Å². The average Bonchev–Trinajstić information content (AvgIpc) is 3.53. The number of hydrogen-bond acceptors (Lipinski definition) is 5. The van der Waals surface area contributed by atoms with E-state index in [4.69, 9.17) is 9.15 Å². The molecule has 34 heavy (non-hydrogen) atoms. The third kappa shape index (κ3) is 5.70. The maximum atomic E-state index is 13.6. The molecule has 0 aliphatic carbocycles. The molecule has 2 amide bonds. The summed E-state index contributed by atoms with van der Waals surface area (Å²) in [5, 5.41) is 2.08. The van der Waals surface area contributed by atoms with Crippen LogP contribution < -0.4 is 4.74 Å². The number of benzene rings is 1. The van der Waals surface area contributed by atoms with Crippen LogP contribution in [0.2, 0.25) is 0 Å². The van der Waals surface area contributed by atoms with E-state index in [0.29, 0.717) is 25.6 Å². The van der Waals surface area contributed by atoms with E-state index in [2.05, 4.69) is 25.3 Å². The van der Waals surface area contributed by atoms with Gasteiger partial charge in [0.2, 0.25) is 5.91 Å². The molecule has 4 rings (SSSR count). The Morgan fingerprint density at radius 2 is 2.00 bits per heavy atom. The molecule has 3 aromatic rings. The number of aryl methyl sites for hydroxylation is 1. The van der Waals surface area contributed by atoms with Gasteiger partial charge in [0.1, 0.15) is 18.9 Å². The number of ether oxygens (including phenoxy) is 1. The van der Waals surface area contributed by atoms with Crippen LogP contribution in [-0.4, -0.2) is 47.9 Å². The van der Waals surface area contributed by atoms with Crippen LogP contribution in [0.3, 0.4) is 0 Å². The van der Waals surface area contributed by atoms with Crippen molar-refractivity contribution in [2.75, 3.05) is 26.2 Å². The van der Waals surface area contributed by atoms with Crippen LogP contribution in [0.4, 0.5) is 0 Å². The number of hydrogen-bond donors (Lipinski definition) is 0. The first-order valence-corrected chi connectivity index (χ1v) is 12.7. The average molecular weight is 481 g/mol. The summed E-state index contributed by atoms with van der Waals surface area (Å²) in [5.41, 5.74) is 2.31. The number of thiophene rings is 1. The third-order valence-electron chi connectivity index (χ3n) is 6.17. The Morgan fingerprint density at radius 3 is 2.71 bits per heavy atom. The molecule has 6 nitrogen and oxygen atoms in total. The number of rotatable bonds is 9. The Kier molecular flexibility index (Phi) is 7.73. The quantitative estimate of drug-likeness (QED) is 0.415. The Hall–Kier alpha value is -3.06. The lowest BCUT2D eigenvalue weighted by Crippen LogP contribution is -2.48. The maximum absolute atomic E-state index is 13.6. The van der Waals surface area contributed by atoms with Crippen molar-refractivity contribution in [3.63, 3.8) is 0 Å². The van der Waals surface area contributed by atoms with Crippen molar-refractivity contribution in [2.45, 2.75) is 39.7 Å². The van der Waals surface area contributed by atoms with Crippen molar-refractivity contribution in [2.24, 2.45) is 5.92 Å². The van der Waals surface area contributed by atoms with Crippen LogP contribution in [0.1, 0.15) is 52.9 Å². The second-order valence-electron chi connectivity index (χ2n) is 9.16. The van der Waals surface area contributed by atoms with Crippen molar-refractivity contribution in [1.82, 2.24) is 9.80 Å². The molecule has 1 aliphatic heterocycles. The van der Waals surface area contributed by atoms with Crippen LogP contribution >= 0.6 is 11.3 Å². The highest BCUT2D eigenvalue weighted by atomic mass is 32.1. The van der Waals surface area contributed by atoms with Crippen LogP contribution in [0, 0.1) is 12.8 Å². The van der Waals surface area contributed by atoms with Crippen molar-refractivity contribution in [3.8, 4) is 5.75 Å². The zero-order valence-electron chi connectivity index (χ0n) is 20.0. The van der Waals surface area contributed by atoms with Gasteiger partial charge in [-0.25, -0.2) is 0 Å². The fraction of sp³-hybridized carbons (Fsp3) is 0.407. The van der Waals surface area contributed by atoms with Gasteiger partial charge in [-0.2, -0.15) is 0 Å². The number of nitrogens with zero attached hydrogens (tertiary/aromatic N) is 2. The van der Waals surface area contributed by atoms with Gasteiger partial charge in [-0.3, -0.25) is 9.59 Å². The SMILES string of the molecule is Cc1ccc(OC[C@H]2c3ccsc3CCN2C(=O)CN(CCC(C)C)C(=O)c2ccco2)cc1. The molecule has 0 unspecified atom stereocenters. The molecule has 180 valence electrons. The van der Waals surface area contributed by atoms with E-state index in [-0.39, 0.29) is 30.2 Å². The second kappa shape index (κ2) is 10.9. The molecule has 0 saturated carbocycles. The summed E-state index contributed by atoms with van der Waals surface area (Å²) >= 11 is 1.72. The molecule has 0 spiro atoms. The highest BCUT2D eigenvalue weighted by Crippen LogP contribution is 2.34. The van der Waals surface area contributed by atoms with Crippen molar-refractivity contribution in [3.05, 3.63) is 75.9 Å². The number of furan rings is 1. The van der Waals surface area contributed by atoms with Gasteiger partial charge >= 0.3 is 0 Å². The van der Waals surface area contributed by atoms with Crippen molar-refractivity contribution in [1.29, 1.82) is 0 Å². The Bertz CT molecular complexity index is 1090. The number of carbonyl (C=O) groups is 2. The molecule has 1 aromatic carbocycles. The van der Waals surface area contributed by atoms with E-state index < -0.39 is 0 Å². The molecule has 3 heterocycles. The van der Waals surface area contributed by atoms with E-state index in [9.17, 15) is 9.59 Å². The minimum atomic E-state index is -0.250. The van der Waals surface area contributed by atoms with Crippen molar-refractivity contribution < 1.29 is 18.7 Å². The normalized spacial score (nSPS) is 15.3. The van der Waals surface area contributed by atoms with Gasteiger partial charge in [-0.15, -0.1) is 11.3 Å². The topological polar surface area (TPSA) is 63.0 Å². The molecule has 1 aliphatic rings. The van der Waals surface area contributed by atoms with Gasteiger partial charge in [0.05, 0.1) is 12.3 Å². The van der Waals surface area contributed by atoms with Gasteiger partial charge in [-0.05, 0) is 67.0 Å². The van der Waals surface area contributed by atoms with E-state index in [0.717, 1.165) is 24.2 Å². The predicted molar refractivity (Wildman–Crippen MR) is 133 cm³/mol. The van der Waals surface area contributed by atoms with Gasteiger partial charge in [0.15, 0.2) is 5.76 Å². The van der Waals surface area contributed by atoms with Crippen LogP contribution in [0.25, 0.3) is 0 Å². The third-order valence-corrected chi connectivity index (χ3v) is 7.16. The number of fused-ring (bicyclic) bond motifs is 1. The van der Waals surface area contributed by atoms with Crippen LogP contribution in [0.15, 0.2) is 58.5 Å². The molecule has 0 radical (unpaired) electrons. The number of carbonyl (C=O) groups excluding carboxylic acids is 2. The van der Waals surface area contributed by atoms with E-state index in [1.807, 2.05) is 36.1 Å². The smallest absolute Gasteiger partial charge is 0.290 e. The summed E-state index contributed by atoms with van der Waals surface area (Å²) in [5.74, 6) is 1.14. The zero-order chi connectivity index (χ0) is 24.1. The number of amides is 2. The summed E-state index contributed by atoms with van der Waals surface area (Å²) in [6, 6.07) is 13.2. The van der Waals surface area contributed by atoms with Crippen LogP contribution in [0.5, 0.6) is 5.75 Å². The molecule has 0 N–H and O–H groups in total. The van der Waals surface area contributed by atoms with Gasteiger partial charge < -0.3 is 19.0 Å². The molecule has 2 aromatic heterocycles. The van der Waals surface area contributed by atoms with Gasteiger partial charge in [0.25, 0.3) is 5.91 Å². The first kappa shape index (κ1) is 24.1. The minimum Gasteiger partial charge on any atom is -0.491 e. The van der Waals surface area contributed by atoms with E-state index in [1.54, 1.807) is 28.4 Å². The predicted octanol–water partition coefficient (Wildman–Crippen LogP) is 5.34. The summed E-state index contributed by atoms with van der Waals surface area (Å²) < 4.78 is 11.4. The summed E-state index contributed by atoms with van der Waals surface area (Å²) in [4.78, 5) is 31.4. The molecule has 1 atom stereocenters. The van der Waals surface area contributed by atoms with Gasteiger partial charge in [-0.1, -0.05) is 31.5 Å². The zero-order valence-corrected chi connectivity index (χ0v) is 20.8. The largest absolute Gasteiger partial charge is 0.491 e. The van der Waals surface area contributed by atoms with E-state index in [1.165, 1.54) is 16.7 Å². The summed E-state index contributed by atoms with van der Waals surface area (Å²) in [7, 11) is 0. The van der Waals surface area contributed by atoms with Crippen molar-refractivity contribution >= 4 is 23.2 Å². The molecular weight excluding hydrogens is 448 g/mol. The first-order valence-electron chi connectivity index (χ1n) is 11.8. The van der Waals surface area contributed by atoms with Crippen LogP contribution in [-0.2, 0) is 11.2 Å². The first-order chi connectivity index (χ1) is 16.4. The monoisotopic (exact) mass is 480 g/mol. The molecule has 0 saturated heterocycles. The Balaban J connectivity index is 1.51. The lowest BCUT2D eigenvalue weighted by Gasteiger charge is -2.37. The Labute approximate surface area is 205 Å². The Morgan fingerprint density at radius 1 is 1.21 bits per heavy atom. The molecule has 7 heteroatoms. The lowest BCUT2D eigenvalue weighted by molar-refractivity contribution is -0.135. The maximum Gasteiger partial charge on any atom is 0.290 e.